The Bertz CT molecular complexity index is 629. The molecule has 0 saturated carbocycles. The highest BCUT2D eigenvalue weighted by Crippen LogP contribution is 2.13. The second kappa shape index (κ2) is 6.14. The van der Waals surface area contributed by atoms with Crippen molar-refractivity contribution in [2.45, 2.75) is 6.54 Å². The van der Waals surface area contributed by atoms with E-state index < -0.39 is 11.6 Å². The van der Waals surface area contributed by atoms with Gasteiger partial charge in [0.1, 0.15) is 17.4 Å². The van der Waals surface area contributed by atoms with Crippen LogP contribution in [0.25, 0.3) is 0 Å². The molecule has 104 valence electrons. The molecule has 0 spiro atoms. The second-order valence-corrected chi connectivity index (χ2v) is 4.15. The molecule has 2 aromatic carbocycles. The van der Waals surface area contributed by atoms with Crippen molar-refractivity contribution in [2.75, 3.05) is 7.11 Å². The Morgan fingerprint density at radius 2 is 2.00 bits per heavy atom. The maximum atomic E-state index is 13.4. The Balaban J connectivity index is 2.04. The van der Waals surface area contributed by atoms with Gasteiger partial charge in [0, 0.05) is 23.7 Å². The summed E-state index contributed by atoms with van der Waals surface area (Å²) in [6.45, 7) is -0.0117. The lowest BCUT2D eigenvalue weighted by Crippen LogP contribution is -2.23. The number of carbonyl (C=O) groups is 1. The van der Waals surface area contributed by atoms with E-state index in [1.807, 2.05) is 0 Å². The molecule has 1 N–H and O–H groups in total. The van der Waals surface area contributed by atoms with Crippen LogP contribution in [0.1, 0.15) is 15.9 Å². The number of hydrogen-bond donors (Lipinski definition) is 1. The van der Waals surface area contributed by atoms with Crippen LogP contribution in [0.5, 0.6) is 5.75 Å². The van der Waals surface area contributed by atoms with Gasteiger partial charge < -0.3 is 10.1 Å². The fourth-order valence-electron chi connectivity index (χ4n) is 1.71. The summed E-state index contributed by atoms with van der Waals surface area (Å²) in [5.41, 5.74) is 0.634. The lowest BCUT2D eigenvalue weighted by molar-refractivity contribution is 0.0950. The molecule has 2 aromatic rings. The van der Waals surface area contributed by atoms with Crippen molar-refractivity contribution in [3.8, 4) is 5.75 Å². The van der Waals surface area contributed by atoms with Crippen LogP contribution in [0, 0.1) is 11.6 Å². The Kier molecular flexibility index (Phi) is 4.30. The number of benzene rings is 2. The summed E-state index contributed by atoms with van der Waals surface area (Å²) in [6.07, 6.45) is 0. The van der Waals surface area contributed by atoms with Crippen molar-refractivity contribution < 1.29 is 18.3 Å². The monoisotopic (exact) mass is 277 g/mol. The Hall–Kier alpha value is -2.43. The quantitative estimate of drug-likeness (QED) is 0.933. The van der Waals surface area contributed by atoms with Crippen molar-refractivity contribution in [3.63, 3.8) is 0 Å². The molecule has 0 aliphatic carbocycles. The summed E-state index contributed by atoms with van der Waals surface area (Å²) in [5, 5.41) is 2.57. The number of ether oxygens (including phenoxy) is 1. The first-order valence-electron chi connectivity index (χ1n) is 5.96. The van der Waals surface area contributed by atoms with E-state index >= 15 is 0 Å². The molecule has 0 aromatic heterocycles. The standard InChI is InChI=1S/C15H13F2NO2/c1-20-13-4-2-3-10(7-13)15(19)18-9-11-5-6-12(16)8-14(11)17/h2-8H,9H2,1H3,(H,18,19). The summed E-state index contributed by atoms with van der Waals surface area (Å²) < 4.78 is 31.2. The van der Waals surface area contributed by atoms with E-state index in [1.165, 1.54) is 13.2 Å². The third kappa shape index (κ3) is 3.32. The van der Waals surface area contributed by atoms with Gasteiger partial charge >= 0.3 is 0 Å². The molecule has 2 rings (SSSR count). The molecule has 5 heteroatoms. The van der Waals surface area contributed by atoms with Crippen LogP contribution in [-0.2, 0) is 6.54 Å². The van der Waals surface area contributed by atoms with Gasteiger partial charge in [-0.2, -0.15) is 0 Å². The molecule has 0 heterocycles. The highest BCUT2D eigenvalue weighted by molar-refractivity contribution is 5.94. The van der Waals surface area contributed by atoms with Crippen molar-refractivity contribution in [2.24, 2.45) is 0 Å². The van der Waals surface area contributed by atoms with E-state index in [-0.39, 0.29) is 18.0 Å². The average Bonchev–Trinajstić information content (AvgIpc) is 2.46. The zero-order valence-electron chi connectivity index (χ0n) is 10.8. The molecule has 0 aliphatic heterocycles. The van der Waals surface area contributed by atoms with Crippen molar-refractivity contribution >= 4 is 5.91 Å². The third-order valence-electron chi connectivity index (χ3n) is 2.79. The van der Waals surface area contributed by atoms with Gasteiger partial charge in [0.2, 0.25) is 0 Å². The highest BCUT2D eigenvalue weighted by Gasteiger charge is 2.08. The van der Waals surface area contributed by atoms with Crippen LogP contribution < -0.4 is 10.1 Å². The van der Waals surface area contributed by atoms with Crippen molar-refractivity contribution in [3.05, 3.63) is 65.2 Å². The fraction of sp³-hybridized carbons (Fsp3) is 0.133. The molecule has 0 bridgehead atoms. The zero-order chi connectivity index (χ0) is 14.5. The lowest BCUT2D eigenvalue weighted by atomic mass is 10.1. The molecule has 0 fully saturated rings. The van der Waals surface area contributed by atoms with Crippen molar-refractivity contribution in [1.29, 1.82) is 0 Å². The van der Waals surface area contributed by atoms with Crippen molar-refractivity contribution in [1.82, 2.24) is 5.32 Å². The number of methoxy groups -OCH3 is 1. The Labute approximate surface area is 115 Å². The number of hydrogen-bond acceptors (Lipinski definition) is 2. The van der Waals surface area contributed by atoms with Gasteiger partial charge in [-0.3, -0.25) is 4.79 Å². The van der Waals surface area contributed by atoms with Gasteiger partial charge in [0.15, 0.2) is 0 Å². The summed E-state index contributed by atoms with van der Waals surface area (Å²) in [7, 11) is 1.50. The number of nitrogens with one attached hydrogen (secondary N) is 1. The average molecular weight is 277 g/mol. The lowest BCUT2D eigenvalue weighted by Gasteiger charge is -2.07. The van der Waals surface area contributed by atoms with Crippen LogP contribution >= 0.6 is 0 Å². The minimum atomic E-state index is -0.684. The normalized spacial score (nSPS) is 10.2. The van der Waals surface area contributed by atoms with E-state index in [9.17, 15) is 13.6 Å². The molecule has 0 radical (unpaired) electrons. The molecular formula is C15H13F2NO2. The summed E-state index contributed by atoms with van der Waals surface area (Å²) in [4.78, 5) is 11.9. The number of carbonyl (C=O) groups excluding carboxylic acids is 1. The Morgan fingerprint density at radius 1 is 1.20 bits per heavy atom. The van der Waals surface area contributed by atoms with Crippen LogP contribution in [0.3, 0.4) is 0 Å². The number of amides is 1. The first-order chi connectivity index (χ1) is 9.60. The van der Waals surface area contributed by atoms with Crippen LogP contribution in [-0.4, -0.2) is 13.0 Å². The second-order valence-electron chi connectivity index (χ2n) is 4.15. The number of halogens is 2. The highest BCUT2D eigenvalue weighted by atomic mass is 19.1. The van der Waals surface area contributed by atoms with Gasteiger partial charge in [-0.25, -0.2) is 8.78 Å². The first kappa shape index (κ1) is 14.0. The largest absolute Gasteiger partial charge is 0.497 e. The maximum Gasteiger partial charge on any atom is 0.251 e. The van der Waals surface area contributed by atoms with E-state index in [4.69, 9.17) is 4.74 Å². The minimum absolute atomic E-state index is 0.0117. The van der Waals surface area contributed by atoms with Gasteiger partial charge in [0.25, 0.3) is 5.91 Å². The maximum absolute atomic E-state index is 13.4. The van der Waals surface area contributed by atoms with E-state index in [1.54, 1.807) is 24.3 Å². The molecule has 1 amide bonds. The molecule has 20 heavy (non-hydrogen) atoms. The molecule has 0 unspecified atom stereocenters. The van der Waals surface area contributed by atoms with E-state index in [0.717, 1.165) is 12.1 Å². The Morgan fingerprint density at radius 3 is 2.70 bits per heavy atom. The smallest absolute Gasteiger partial charge is 0.251 e. The predicted octanol–water partition coefficient (Wildman–Crippen LogP) is 2.90. The van der Waals surface area contributed by atoms with E-state index in [0.29, 0.717) is 11.3 Å². The SMILES string of the molecule is COc1cccc(C(=O)NCc2ccc(F)cc2F)c1. The first-order valence-corrected chi connectivity index (χ1v) is 5.96. The van der Waals surface area contributed by atoms with Crippen LogP contribution in [0.4, 0.5) is 8.78 Å². The molecule has 0 atom stereocenters. The van der Waals surface area contributed by atoms with E-state index in [2.05, 4.69) is 5.32 Å². The summed E-state index contributed by atoms with van der Waals surface area (Å²) >= 11 is 0. The van der Waals surface area contributed by atoms with Gasteiger partial charge in [-0.15, -0.1) is 0 Å². The van der Waals surface area contributed by atoms with Crippen LogP contribution in [0.15, 0.2) is 42.5 Å². The molecular weight excluding hydrogens is 264 g/mol. The third-order valence-corrected chi connectivity index (χ3v) is 2.79. The zero-order valence-corrected chi connectivity index (χ0v) is 10.8. The predicted molar refractivity (Wildman–Crippen MR) is 70.5 cm³/mol. The minimum Gasteiger partial charge on any atom is -0.497 e. The summed E-state index contributed by atoms with van der Waals surface area (Å²) in [5.74, 6) is -1.13. The molecule has 0 saturated heterocycles. The topological polar surface area (TPSA) is 38.3 Å². The number of rotatable bonds is 4. The van der Waals surface area contributed by atoms with Crippen LogP contribution in [0.2, 0.25) is 0 Å². The molecule has 3 nitrogen and oxygen atoms in total. The van der Waals surface area contributed by atoms with Gasteiger partial charge in [0.05, 0.1) is 7.11 Å². The van der Waals surface area contributed by atoms with Gasteiger partial charge in [-0.1, -0.05) is 12.1 Å². The fourth-order valence-corrected chi connectivity index (χ4v) is 1.71. The molecule has 0 aliphatic rings. The summed E-state index contributed by atoms with van der Waals surface area (Å²) in [6, 6.07) is 9.84. The van der Waals surface area contributed by atoms with Gasteiger partial charge in [-0.05, 0) is 24.3 Å².